The second kappa shape index (κ2) is 7.50. The lowest BCUT2D eigenvalue weighted by atomic mass is 10.2. The molecule has 20 heavy (non-hydrogen) atoms. The predicted molar refractivity (Wildman–Crippen MR) is 82.0 cm³/mol. The van der Waals surface area contributed by atoms with Crippen molar-refractivity contribution in [3.63, 3.8) is 0 Å². The maximum absolute atomic E-state index is 5.63. The molecule has 0 spiro atoms. The number of methoxy groups -OCH3 is 1. The van der Waals surface area contributed by atoms with E-state index in [1.807, 2.05) is 24.3 Å². The third kappa shape index (κ3) is 3.96. The van der Waals surface area contributed by atoms with Gasteiger partial charge in [-0.2, -0.15) is 4.98 Å². The molecule has 0 bridgehead atoms. The molecule has 2 N–H and O–H groups in total. The van der Waals surface area contributed by atoms with Gasteiger partial charge in [-0.25, -0.2) is 0 Å². The Morgan fingerprint density at radius 2 is 1.90 bits per heavy atom. The smallest absolute Gasteiger partial charge is 0.214 e. The van der Waals surface area contributed by atoms with E-state index in [4.69, 9.17) is 10.5 Å². The van der Waals surface area contributed by atoms with Crippen LogP contribution in [0.2, 0.25) is 0 Å². The maximum atomic E-state index is 5.63. The van der Waals surface area contributed by atoms with Crippen LogP contribution in [0.1, 0.15) is 12.0 Å². The highest BCUT2D eigenvalue weighted by atomic mass is 16.5. The Morgan fingerprint density at radius 3 is 2.60 bits per heavy atom. The number of ether oxygens (including phenoxy) is 1. The number of aromatic nitrogens is 1. The zero-order valence-electron chi connectivity index (χ0n) is 11.8. The topological polar surface area (TPSA) is 51.4 Å². The molecule has 4 heteroatoms. The lowest BCUT2D eigenvalue weighted by Gasteiger charge is -2.24. The summed E-state index contributed by atoms with van der Waals surface area (Å²) in [5, 5.41) is 0. The van der Waals surface area contributed by atoms with Crippen LogP contribution >= 0.6 is 0 Å². The average Bonchev–Trinajstić information content (AvgIpc) is 2.52. The van der Waals surface area contributed by atoms with Crippen LogP contribution in [0.3, 0.4) is 0 Å². The number of hydrogen-bond donors (Lipinski definition) is 1. The molecular weight excluding hydrogens is 250 g/mol. The second-order valence-corrected chi connectivity index (χ2v) is 4.59. The molecule has 106 valence electrons. The minimum absolute atomic E-state index is 0.633. The zero-order valence-corrected chi connectivity index (χ0v) is 11.8. The molecule has 1 aromatic carbocycles. The van der Waals surface area contributed by atoms with Gasteiger partial charge in [0.05, 0.1) is 7.11 Å². The van der Waals surface area contributed by atoms with Crippen molar-refractivity contribution in [1.82, 2.24) is 4.98 Å². The van der Waals surface area contributed by atoms with E-state index < -0.39 is 0 Å². The number of nitrogens with two attached hydrogens (primary N) is 1. The molecule has 2 aromatic rings. The maximum Gasteiger partial charge on any atom is 0.214 e. The summed E-state index contributed by atoms with van der Waals surface area (Å²) in [6, 6.07) is 16.2. The Labute approximate surface area is 120 Å². The van der Waals surface area contributed by atoms with Gasteiger partial charge < -0.3 is 15.4 Å². The molecule has 1 aromatic heterocycles. The van der Waals surface area contributed by atoms with Gasteiger partial charge in [-0.3, -0.25) is 0 Å². The van der Waals surface area contributed by atoms with Gasteiger partial charge in [0.2, 0.25) is 5.88 Å². The van der Waals surface area contributed by atoms with Gasteiger partial charge in [0, 0.05) is 19.2 Å². The summed E-state index contributed by atoms with van der Waals surface area (Å²) < 4.78 is 5.20. The van der Waals surface area contributed by atoms with Gasteiger partial charge in [0.15, 0.2) is 0 Å². The minimum Gasteiger partial charge on any atom is -0.481 e. The SMILES string of the molecule is COc1cccc(N(CCCN)Cc2ccccc2)n1. The average molecular weight is 271 g/mol. The molecule has 0 aliphatic carbocycles. The van der Waals surface area contributed by atoms with Crippen LogP contribution in [-0.4, -0.2) is 25.2 Å². The van der Waals surface area contributed by atoms with E-state index in [0.717, 1.165) is 25.3 Å². The van der Waals surface area contributed by atoms with Crippen molar-refractivity contribution in [2.24, 2.45) is 5.73 Å². The third-order valence-corrected chi connectivity index (χ3v) is 3.09. The largest absolute Gasteiger partial charge is 0.481 e. The first kappa shape index (κ1) is 14.3. The first-order valence-corrected chi connectivity index (χ1v) is 6.83. The Hall–Kier alpha value is -2.07. The molecule has 0 saturated carbocycles. The summed E-state index contributed by atoms with van der Waals surface area (Å²) in [7, 11) is 1.63. The van der Waals surface area contributed by atoms with E-state index in [2.05, 4.69) is 34.1 Å². The quantitative estimate of drug-likeness (QED) is 0.840. The molecule has 0 amide bonds. The Bertz CT molecular complexity index is 516. The molecule has 0 saturated heterocycles. The van der Waals surface area contributed by atoms with Gasteiger partial charge in [0.25, 0.3) is 0 Å². The van der Waals surface area contributed by atoms with Crippen molar-refractivity contribution >= 4 is 5.82 Å². The Kier molecular flexibility index (Phi) is 5.38. The van der Waals surface area contributed by atoms with Crippen molar-refractivity contribution in [2.75, 3.05) is 25.1 Å². The van der Waals surface area contributed by atoms with E-state index in [9.17, 15) is 0 Å². The number of hydrogen-bond acceptors (Lipinski definition) is 4. The van der Waals surface area contributed by atoms with Crippen LogP contribution in [0.25, 0.3) is 0 Å². The molecule has 0 aliphatic rings. The van der Waals surface area contributed by atoms with Crippen LogP contribution in [0.4, 0.5) is 5.82 Å². The third-order valence-electron chi connectivity index (χ3n) is 3.09. The van der Waals surface area contributed by atoms with Crippen LogP contribution in [-0.2, 0) is 6.54 Å². The van der Waals surface area contributed by atoms with E-state index in [1.54, 1.807) is 7.11 Å². The lowest BCUT2D eigenvalue weighted by molar-refractivity contribution is 0.397. The molecule has 0 fully saturated rings. The summed E-state index contributed by atoms with van der Waals surface area (Å²) in [5.41, 5.74) is 6.89. The molecule has 4 nitrogen and oxygen atoms in total. The fourth-order valence-corrected chi connectivity index (χ4v) is 2.05. The van der Waals surface area contributed by atoms with Gasteiger partial charge in [-0.1, -0.05) is 36.4 Å². The molecule has 1 heterocycles. The normalized spacial score (nSPS) is 10.3. The van der Waals surface area contributed by atoms with E-state index in [-0.39, 0.29) is 0 Å². The summed E-state index contributed by atoms with van der Waals surface area (Å²) in [4.78, 5) is 6.73. The van der Waals surface area contributed by atoms with Crippen LogP contribution in [0, 0.1) is 0 Å². The predicted octanol–water partition coefficient (Wildman–Crippen LogP) is 2.45. The van der Waals surface area contributed by atoms with Crippen LogP contribution in [0.5, 0.6) is 5.88 Å². The first-order chi connectivity index (χ1) is 9.83. The lowest BCUT2D eigenvalue weighted by Crippen LogP contribution is -2.26. The number of anilines is 1. The second-order valence-electron chi connectivity index (χ2n) is 4.59. The Balaban J connectivity index is 2.17. The van der Waals surface area contributed by atoms with Crippen molar-refractivity contribution in [1.29, 1.82) is 0 Å². The van der Waals surface area contributed by atoms with Crippen molar-refractivity contribution in [3.8, 4) is 5.88 Å². The molecule has 2 rings (SSSR count). The standard InChI is InChI=1S/C16H21N3O/c1-20-16-10-5-9-15(18-16)19(12-6-11-17)13-14-7-3-2-4-8-14/h2-5,7-10H,6,11-13,17H2,1H3. The van der Waals surface area contributed by atoms with Gasteiger partial charge in [-0.15, -0.1) is 0 Å². The zero-order chi connectivity index (χ0) is 14.2. The fraction of sp³-hybridized carbons (Fsp3) is 0.312. The molecule has 0 unspecified atom stereocenters. The van der Waals surface area contributed by atoms with Crippen LogP contribution in [0.15, 0.2) is 48.5 Å². The molecule has 0 atom stereocenters. The molecule has 0 radical (unpaired) electrons. The van der Waals surface area contributed by atoms with Crippen molar-refractivity contribution in [2.45, 2.75) is 13.0 Å². The fourth-order valence-electron chi connectivity index (χ4n) is 2.05. The van der Waals surface area contributed by atoms with Gasteiger partial charge in [-0.05, 0) is 24.6 Å². The van der Waals surface area contributed by atoms with Gasteiger partial charge >= 0.3 is 0 Å². The summed E-state index contributed by atoms with van der Waals surface area (Å²) in [6.45, 7) is 2.38. The Morgan fingerprint density at radius 1 is 1.10 bits per heavy atom. The van der Waals surface area contributed by atoms with E-state index >= 15 is 0 Å². The highest BCUT2D eigenvalue weighted by Crippen LogP contribution is 2.18. The van der Waals surface area contributed by atoms with Crippen molar-refractivity contribution in [3.05, 3.63) is 54.1 Å². The number of benzene rings is 1. The van der Waals surface area contributed by atoms with Gasteiger partial charge in [0.1, 0.15) is 5.82 Å². The van der Waals surface area contributed by atoms with E-state index in [0.29, 0.717) is 12.4 Å². The monoisotopic (exact) mass is 271 g/mol. The van der Waals surface area contributed by atoms with Crippen molar-refractivity contribution < 1.29 is 4.74 Å². The number of pyridine rings is 1. The summed E-state index contributed by atoms with van der Waals surface area (Å²) in [5.74, 6) is 1.55. The van der Waals surface area contributed by atoms with E-state index in [1.165, 1.54) is 5.56 Å². The molecule has 0 aliphatic heterocycles. The first-order valence-electron chi connectivity index (χ1n) is 6.83. The highest BCUT2D eigenvalue weighted by molar-refractivity contribution is 5.41. The van der Waals surface area contributed by atoms with Crippen LogP contribution < -0.4 is 15.4 Å². The highest BCUT2D eigenvalue weighted by Gasteiger charge is 2.09. The molecular formula is C16H21N3O. The minimum atomic E-state index is 0.633. The summed E-state index contributed by atoms with van der Waals surface area (Å²) >= 11 is 0. The number of rotatable bonds is 7. The summed E-state index contributed by atoms with van der Waals surface area (Å²) in [6.07, 6.45) is 0.936. The number of nitrogens with zero attached hydrogens (tertiary/aromatic N) is 2.